The fraction of sp³-hybridized carbons (Fsp3) is 0.556. The van der Waals surface area contributed by atoms with Gasteiger partial charge in [-0.3, -0.25) is 0 Å². The zero-order valence-electron chi connectivity index (χ0n) is 9.07. The molecule has 5 heteroatoms. The first kappa shape index (κ1) is 10.7. The van der Waals surface area contributed by atoms with Crippen molar-refractivity contribution < 1.29 is 0 Å². The van der Waals surface area contributed by atoms with Gasteiger partial charge in [-0.15, -0.1) is 0 Å². The molecule has 0 amide bonds. The van der Waals surface area contributed by atoms with Gasteiger partial charge in [-0.05, 0) is 5.92 Å². The van der Waals surface area contributed by atoms with Crippen molar-refractivity contribution in [3.8, 4) is 0 Å². The number of nitrogens with zero attached hydrogens (tertiary/aromatic N) is 3. The predicted molar refractivity (Wildman–Crippen MR) is 57.8 cm³/mol. The van der Waals surface area contributed by atoms with E-state index in [9.17, 15) is 0 Å². The van der Waals surface area contributed by atoms with Crippen molar-refractivity contribution >= 4 is 11.6 Å². The zero-order chi connectivity index (χ0) is 10.7. The number of hydrogen-bond acceptors (Lipinski definition) is 5. The molecule has 78 valence electrons. The molecular weight excluding hydrogens is 178 g/mol. The summed E-state index contributed by atoms with van der Waals surface area (Å²) in [7, 11) is 3.81. The molecule has 0 aromatic carbocycles. The Morgan fingerprint density at radius 2 is 2.00 bits per heavy atom. The minimum atomic E-state index is 0.304. The first-order chi connectivity index (χ1) is 6.52. The van der Waals surface area contributed by atoms with Gasteiger partial charge >= 0.3 is 0 Å². The van der Waals surface area contributed by atoms with Crippen LogP contribution in [0.3, 0.4) is 0 Å². The molecule has 1 heterocycles. The van der Waals surface area contributed by atoms with Crippen molar-refractivity contribution in [1.82, 2.24) is 15.0 Å². The van der Waals surface area contributed by atoms with Crippen LogP contribution in [0.15, 0.2) is 6.33 Å². The lowest BCUT2D eigenvalue weighted by Crippen LogP contribution is -2.22. The molecule has 0 fully saturated rings. The maximum Gasteiger partial charge on any atom is 0.149 e. The van der Waals surface area contributed by atoms with Crippen molar-refractivity contribution in [1.29, 1.82) is 0 Å². The van der Waals surface area contributed by atoms with Crippen molar-refractivity contribution in [2.45, 2.75) is 19.8 Å². The molecule has 1 aromatic heterocycles. The number of aromatic nitrogens is 2. The highest BCUT2D eigenvalue weighted by atomic mass is 15.5. The Kier molecular flexibility index (Phi) is 3.24. The molecule has 0 aliphatic heterocycles. The lowest BCUT2D eigenvalue weighted by Gasteiger charge is -2.18. The molecule has 0 saturated carbocycles. The van der Waals surface area contributed by atoms with Gasteiger partial charge in [0.15, 0.2) is 0 Å². The second-order valence-corrected chi connectivity index (χ2v) is 3.68. The Morgan fingerprint density at radius 1 is 1.36 bits per heavy atom. The number of rotatable bonds is 3. The van der Waals surface area contributed by atoms with E-state index in [1.165, 1.54) is 6.33 Å². The fourth-order valence-corrected chi connectivity index (χ4v) is 1.28. The summed E-state index contributed by atoms with van der Waals surface area (Å²) in [6, 6.07) is 0. The third kappa shape index (κ3) is 2.32. The van der Waals surface area contributed by atoms with Gasteiger partial charge in [-0.2, -0.15) is 0 Å². The number of nitrogens with one attached hydrogen (secondary N) is 1. The highest BCUT2D eigenvalue weighted by molar-refractivity contribution is 5.56. The molecule has 1 rings (SSSR count). The van der Waals surface area contributed by atoms with E-state index in [2.05, 4.69) is 29.2 Å². The molecule has 14 heavy (non-hydrogen) atoms. The van der Waals surface area contributed by atoms with Gasteiger partial charge in [0, 0.05) is 19.7 Å². The molecule has 3 N–H and O–H groups in total. The molecule has 5 nitrogen and oxygen atoms in total. The van der Waals surface area contributed by atoms with Gasteiger partial charge in [0.25, 0.3) is 0 Å². The molecule has 0 spiro atoms. The van der Waals surface area contributed by atoms with E-state index in [1.807, 2.05) is 19.1 Å². The van der Waals surface area contributed by atoms with E-state index in [-0.39, 0.29) is 0 Å². The maximum absolute atomic E-state index is 5.79. The Morgan fingerprint density at radius 3 is 2.50 bits per heavy atom. The van der Waals surface area contributed by atoms with Crippen LogP contribution in [0, 0.1) is 0 Å². The van der Waals surface area contributed by atoms with Gasteiger partial charge in [-0.25, -0.2) is 15.0 Å². The predicted octanol–water partition coefficient (Wildman–Crippen LogP) is 1.07. The number of hydrazine groups is 1. The van der Waals surface area contributed by atoms with Crippen LogP contribution in [-0.2, 0) is 0 Å². The molecule has 1 aromatic rings. The van der Waals surface area contributed by atoms with Crippen LogP contribution in [0.25, 0.3) is 0 Å². The summed E-state index contributed by atoms with van der Waals surface area (Å²) in [5.74, 6) is 1.62. The van der Waals surface area contributed by atoms with Gasteiger partial charge in [0.2, 0.25) is 0 Å². The minimum absolute atomic E-state index is 0.304. The van der Waals surface area contributed by atoms with E-state index >= 15 is 0 Å². The third-order valence-corrected chi connectivity index (χ3v) is 1.82. The van der Waals surface area contributed by atoms with Crippen molar-refractivity contribution in [3.63, 3.8) is 0 Å². The average Bonchev–Trinajstić information content (AvgIpc) is 2.01. The van der Waals surface area contributed by atoms with Crippen molar-refractivity contribution in [3.05, 3.63) is 11.9 Å². The van der Waals surface area contributed by atoms with Crippen LogP contribution in [0.4, 0.5) is 11.6 Å². The maximum atomic E-state index is 5.79. The lowest BCUT2D eigenvalue weighted by molar-refractivity contribution is 0.490. The second-order valence-electron chi connectivity index (χ2n) is 3.68. The Labute approximate surface area is 84.3 Å². The zero-order valence-corrected chi connectivity index (χ0v) is 9.07. The van der Waals surface area contributed by atoms with E-state index in [1.54, 1.807) is 0 Å². The van der Waals surface area contributed by atoms with Crippen molar-refractivity contribution in [2.24, 2.45) is 0 Å². The van der Waals surface area contributed by atoms with E-state index in [0.717, 1.165) is 11.4 Å². The summed E-state index contributed by atoms with van der Waals surface area (Å²) in [5, 5.41) is 1.83. The normalized spacial score (nSPS) is 11.0. The van der Waals surface area contributed by atoms with Crippen LogP contribution in [0.5, 0.6) is 0 Å². The molecule has 0 saturated heterocycles. The Hall–Kier alpha value is -1.36. The van der Waals surface area contributed by atoms with Gasteiger partial charge in [-0.1, -0.05) is 13.8 Å². The number of nitrogens with two attached hydrogens (primary N) is 1. The first-order valence-electron chi connectivity index (χ1n) is 4.56. The van der Waals surface area contributed by atoms with Gasteiger partial charge in [0.1, 0.15) is 18.0 Å². The topological polar surface area (TPSA) is 67.1 Å². The molecule has 0 bridgehead atoms. The highest BCUT2D eigenvalue weighted by Crippen LogP contribution is 2.25. The lowest BCUT2D eigenvalue weighted by atomic mass is 10.1. The largest absolute Gasteiger partial charge is 0.383 e. The Balaban J connectivity index is 3.08. The molecular formula is C9H17N5. The summed E-state index contributed by atoms with van der Waals surface area (Å²) in [4.78, 5) is 8.13. The highest BCUT2D eigenvalue weighted by Gasteiger charge is 2.12. The SMILES string of the molecule is CC(C)c1c(N)ncnc1NN(C)C. The summed E-state index contributed by atoms with van der Waals surface area (Å²) >= 11 is 0. The van der Waals surface area contributed by atoms with Crippen molar-refractivity contribution in [2.75, 3.05) is 25.3 Å². The fourth-order valence-electron chi connectivity index (χ4n) is 1.28. The summed E-state index contributed by atoms with van der Waals surface area (Å²) in [6.45, 7) is 4.13. The summed E-state index contributed by atoms with van der Waals surface area (Å²) in [6.07, 6.45) is 1.47. The third-order valence-electron chi connectivity index (χ3n) is 1.82. The molecule has 0 aliphatic carbocycles. The van der Waals surface area contributed by atoms with Crippen LogP contribution in [0.2, 0.25) is 0 Å². The quantitative estimate of drug-likeness (QED) is 0.706. The summed E-state index contributed by atoms with van der Waals surface area (Å²) in [5.41, 5.74) is 9.85. The standard InChI is InChI=1S/C9H17N5/c1-6(2)7-8(10)11-5-12-9(7)13-14(3)4/h5-6H,1-4H3,(H3,10,11,12,13). The van der Waals surface area contributed by atoms with Crippen LogP contribution < -0.4 is 11.2 Å². The molecule has 0 unspecified atom stereocenters. The van der Waals surface area contributed by atoms with E-state index < -0.39 is 0 Å². The number of hydrogen-bond donors (Lipinski definition) is 2. The monoisotopic (exact) mass is 195 g/mol. The number of anilines is 2. The van der Waals surface area contributed by atoms with Gasteiger partial charge in [0.05, 0.1) is 0 Å². The molecule has 0 aliphatic rings. The average molecular weight is 195 g/mol. The number of nitrogen functional groups attached to an aromatic ring is 1. The van der Waals surface area contributed by atoms with Crippen LogP contribution >= 0.6 is 0 Å². The Bertz CT molecular complexity index is 308. The minimum Gasteiger partial charge on any atom is -0.383 e. The van der Waals surface area contributed by atoms with Crippen LogP contribution in [-0.4, -0.2) is 29.1 Å². The second kappa shape index (κ2) is 4.23. The smallest absolute Gasteiger partial charge is 0.149 e. The van der Waals surface area contributed by atoms with Gasteiger partial charge < -0.3 is 11.2 Å². The van der Waals surface area contributed by atoms with Crippen LogP contribution in [0.1, 0.15) is 25.3 Å². The van der Waals surface area contributed by atoms with E-state index in [0.29, 0.717) is 11.7 Å². The summed E-state index contributed by atoms with van der Waals surface area (Å²) < 4.78 is 0. The first-order valence-corrected chi connectivity index (χ1v) is 4.56. The molecule has 0 radical (unpaired) electrons. The molecule has 0 atom stereocenters. The van der Waals surface area contributed by atoms with E-state index in [4.69, 9.17) is 5.73 Å².